The van der Waals surface area contributed by atoms with Gasteiger partial charge in [-0.25, -0.2) is 0 Å². The SMILES string of the molecule is C=CC=C(C(C)C(C)N(c1ccc2c(c1C)C(C)(C)c1ccc3c(sc4ccccc43)c1-2)C(C)C=CC=CC)C(C)(C)CC=CC. The number of nitrogens with zero attached hydrogens (tertiary/aromatic N) is 1. The molecular weight excluding hydrogens is 575 g/mol. The maximum atomic E-state index is 4.12. The monoisotopic (exact) mass is 627 g/mol. The molecule has 3 atom stereocenters. The first-order chi connectivity index (χ1) is 21.9. The van der Waals surface area contributed by atoms with Gasteiger partial charge in [-0.15, -0.1) is 11.3 Å². The molecule has 1 heterocycles. The van der Waals surface area contributed by atoms with Crippen LogP contribution in [0.3, 0.4) is 0 Å². The summed E-state index contributed by atoms with van der Waals surface area (Å²) in [7, 11) is 0. The number of rotatable bonds is 11. The van der Waals surface area contributed by atoms with E-state index in [1.807, 2.05) is 17.4 Å². The Labute approximate surface area is 282 Å². The molecule has 5 rings (SSSR count). The van der Waals surface area contributed by atoms with Gasteiger partial charge in [0.15, 0.2) is 0 Å². The van der Waals surface area contributed by atoms with Gasteiger partial charge in [-0.3, -0.25) is 0 Å². The highest BCUT2D eigenvalue weighted by Crippen LogP contribution is 2.56. The zero-order chi connectivity index (χ0) is 33.4. The molecule has 1 aliphatic carbocycles. The second-order valence-electron chi connectivity index (χ2n) is 14.3. The van der Waals surface area contributed by atoms with Crippen molar-refractivity contribution in [1.29, 1.82) is 0 Å². The highest BCUT2D eigenvalue weighted by atomic mass is 32.1. The molecule has 1 nitrogen and oxygen atoms in total. The van der Waals surface area contributed by atoms with Gasteiger partial charge in [0.2, 0.25) is 0 Å². The molecule has 0 bridgehead atoms. The molecule has 0 aliphatic heterocycles. The minimum absolute atomic E-state index is 0.0241. The summed E-state index contributed by atoms with van der Waals surface area (Å²) < 4.78 is 2.78. The molecule has 4 aromatic rings. The smallest absolute Gasteiger partial charge is 0.0451 e. The van der Waals surface area contributed by atoms with Crippen LogP contribution in [0.2, 0.25) is 0 Å². The van der Waals surface area contributed by atoms with Gasteiger partial charge in [0.1, 0.15) is 0 Å². The summed E-state index contributed by atoms with van der Waals surface area (Å²) in [4.78, 5) is 2.68. The van der Waals surface area contributed by atoms with Crippen LogP contribution < -0.4 is 4.90 Å². The first kappa shape index (κ1) is 33.7. The second-order valence-corrected chi connectivity index (χ2v) is 15.4. The third-order valence-corrected chi connectivity index (χ3v) is 11.8. The van der Waals surface area contributed by atoms with Crippen molar-refractivity contribution in [3.63, 3.8) is 0 Å². The molecule has 0 fully saturated rings. The molecule has 0 radical (unpaired) electrons. The number of hydrogen-bond donors (Lipinski definition) is 0. The lowest BCUT2D eigenvalue weighted by molar-refractivity contribution is 0.363. The van der Waals surface area contributed by atoms with E-state index in [1.54, 1.807) is 0 Å². The van der Waals surface area contributed by atoms with Crippen LogP contribution in [0.1, 0.15) is 85.4 Å². The Bertz CT molecular complexity index is 1870. The lowest BCUT2D eigenvalue weighted by Gasteiger charge is -2.43. The van der Waals surface area contributed by atoms with Crippen LogP contribution in [0.4, 0.5) is 5.69 Å². The fourth-order valence-corrected chi connectivity index (χ4v) is 9.36. The zero-order valence-corrected chi connectivity index (χ0v) is 30.6. The van der Waals surface area contributed by atoms with E-state index in [4.69, 9.17) is 0 Å². The van der Waals surface area contributed by atoms with Gasteiger partial charge in [0, 0.05) is 48.9 Å². The van der Waals surface area contributed by atoms with Gasteiger partial charge in [-0.1, -0.05) is 132 Å². The maximum absolute atomic E-state index is 4.12. The van der Waals surface area contributed by atoms with E-state index in [-0.39, 0.29) is 22.9 Å². The van der Waals surface area contributed by atoms with E-state index >= 15 is 0 Å². The fraction of sp³-hybridized carbons (Fsp3) is 0.364. The summed E-state index contributed by atoms with van der Waals surface area (Å²) in [5.41, 5.74) is 9.83. The topological polar surface area (TPSA) is 3.24 Å². The Morgan fingerprint density at radius 3 is 2.39 bits per heavy atom. The summed E-state index contributed by atoms with van der Waals surface area (Å²) in [6.07, 6.45) is 18.5. The number of benzene rings is 3. The van der Waals surface area contributed by atoms with Crippen molar-refractivity contribution < 1.29 is 0 Å². The van der Waals surface area contributed by atoms with Gasteiger partial charge in [0.25, 0.3) is 0 Å². The van der Waals surface area contributed by atoms with E-state index < -0.39 is 0 Å². The van der Waals surface area contributed by atoms with Crippen molar-refractivity contribution in [3.8, 4) is 11.1 Å². The van der Waals surface area contributed by atoms with Crippen molar-refractivity contribution in [2.75, 3.05) is 4.90 Å². The van der Waals surface area contributed by atoms with Crippen LogP contribution in [0.15, 0.2) is 109 Å². The first-order valence-electron chi connectivity index (χ1n) is 17.0. The van der Waals surface area contributed by atoms with E-state index in [9.17, 15) is 0 Å². The van der Waals surface area contributed by atoms with Crippen LogP contribution in [-0.4, -0.2) is 12.1 Å². The predicted molar refractivity (Wildman–Crippen MR) is 208 cm³/mol. The zero-order valence-electron chi connectivity index (χ0n) is 29.7. The van der Waals surface area contributed by atoms with Gasteiger partial charge in [-0.2, -0.15) is 0 Å². The first-order valence-corrected chi connectivity index (χ1v) is 17.8. The van der Waals surface area contributed by atoms with Crippen LogP contribution >= 0.6 is 11.3 Å². The van der Waals surface area contributed by atoms with Gasteiger partial charge in [0.05, 0.1) is 0 Å². The number of fused-ring (bicyclic) bond motifs is 7. The predicted octanol–water partition coefficient (Wildman–Crippen LogP) is 13.1. The van der Waals surface area contributed by atoms with Crippen LogP contribution in [0.25, 0.3) is 31.3 Å². The molecule has 46 heavy (non-hydrogen) atoms. The quantitative estimate of drug-likeness (QED) is 0.118. The Morgan fingerprint density at radius 2 is 1.70 bits per heavy atom. The maximum Gasteiger partial charge on any atom is 0.0451 e. The number of allylic oxidation sites excluding steroid dienone is 7. The fourth-order valence-electron chi connectivity index (χ4n) is 8.10. The number of hydrogen-bond acceptors (Lipinski definition) is 2. The lowest BCUT2D eigenvalue weighted by Crippen LogP contribution is -2.45. The normalized spacial score (nSPS) is 16.9. The van der Waals surface area contributed by atoms with Crippen molar-refractivity contribution in [2.45, 2.75) is 93.2 Å². The van der Waals surface area contributed by atoms with Crippen molar-refractivity contribution >= 4 is 37.2 Å². The molecule has 0 amide bonds. The molecule has 2 heteroatoms. The highest BCUT2D eigenvalue weighted by molar-refractivity contribution is 7.26. The summed E-state index contributed by atoms with van der Waals surface area (Å²) in [5.74, 6) is 0.312. The molecular formula is C44H53NS. The molecule has 0 saturated heterocycles. The Morgan fingerprint density at radius 1 is 0.957 bits per heavy atom. The van der Waals surface area contributed by atoms with Crippen LogP contribution in [0, 0.1) is 18.3 Å². The molecule has 0 spiro atoms. The Balaban J connectivity index is 1.68. The largest absolute Gasteiger partial charge is 0.362 e. The van der Waals surface area contributed by atoms with E-state index in [1.165, 1.54) is 59.3 Å². The lowest BCUT2D eigenvalue weighted by atomic mass is 9.72. The summed E-state index contributed by atoms with van der Waals surface area (Å²) >= 11 is 1.94. The number of thiophene rings is 1. The van der Waals surface area contributed by atoms with Crippen LogP contribution in [-0.2, 0) is 5.41 Å². The highest BCUT2D eigenvalue weighted by Gasteiger charge is 2.40. The van der Waals surface area contributed by atoms with E-state index in [0.29, 0.717) is 5.92 Å². The molecule has 240 valence electrons. The molecule has 0 saturated carbocycles. The summed E-state index contributed by atoms with van der Waals surface area (Å²) in [6.45, 7) is 27.5. The van der Waals surface area contributed by atoms with Crippen molar-refractivity contribution in [3.05, 3.63) is 126 Å². The van der Waals surface area contributed by atoms with Crippen LogP contribution in [0.5, 0.6) is 0 Å². The van der Waals surface area contributed by atoms with E-state index in [2.05, 4.69) is 172 Å². The third kappa shape index (κ3) is 5.75. The summed E-state index contributed by atoms with van der Waals surface area (Å²) in [6, 6.07) is 18.9. The third-order valence-electron chi connectivity index (χ3n) is 10.6. The summed E-state index contributed by atoms with van der Waals surface area (Å²) in [5, 5.41) is 2.74. The van der Waals surface area contributed by atoms with Gasteiger partial charge < -0.3 is 4.90 Å². The molecule has 3 aromatic carbocycles. The molecule has 1 aromatic heterocycles. The molecule has 3 unspecified atom stereocenters. The second kappa shape index (κ2) is 13.2. The van der Waals surface area contributed by atoms with Gasteiger partial charge >= 0.3 is 0 Å². The minimum atomic E-state index is -0.0952. The standard InChI is InChI=1S/C44H53NS/c1-12-15-17-21-29(4)45(32(7)30(5)36(20-14-3)43(8,9)28-16-13-2)38-27-25-35-40-37(44(10,11)41(35)31(38)6)26-24-34-33-22-18-19-23-39(33)46-42(34)40/h12-27,29-30,32H,3,28H2,1-2,4-11H3. The average molecular weight is 628 g/mol. The van der Waals surface area contributed by atoms with Crippen molar-refractivity contribution in [1.82, 2.24) is 0 Å². The van der Waals surface area contributed by atoms with Gasteiger partial charge in [-0.05, 0) is 86.8 Å². The molecule has 1 aliphatic rings. The Kier molecular flexibility index (Phi) is 9.71. The Hall–Kier alpha value is -3.62. The molecule has 0 N–H and O–H groups in total. The average Bonchev–Trinajstić information content (AvgIpc) is 3.52. The number of anilines is 1. The van der Waals surface area contributed by atoms with E-state index in [0.717, 1.165) is 6.42 Å². The minimum Gasteiger partial charge on any atom is -0.362 e. The van der Waals surface area contributed by atoms with Crippen molar-refractivity contribution in [2.24, 2.45) is 11.3 Å².